The number of nitrogens with zero attached hydrogens (tertiary/aromatic N) is 1. The highest BCUT2D eigenvalue weighted by Gasteiger charge is 2.15. The molecule has 0 saturated carbocycles. The summed E-state index contributed by atoms with van der Waals surface area (Å²) in [5, 5.41) is 12.0. The van der Waals surface area contributed by atoms with Gasteiger partial charge in [0.1, 0.15) is 12.1 Å². The number of carbonyl (C=O) groups excluding carboxylic acids is 1. The van der Waals surface area contributed by atoms with Crippen LogP contribution in [0.2, 0.25) is 0 Å². The van der Waals surface area contributed by atoms with Gasteiger partial charge in [0, 0.05) is 13.1 Å². The highest BCUT2D eigenvalue weighted by Crippen LogP contribution is 2.05. The zero-order valence-electron chi connectivity index (χ0n) is 9.82. The monoisotopic (exact) mass is 233 g/mol. The predicted octanol–water partition coefficient (Wildman–Crippen LogP) is -0.229. The minimum atomic E-state index is -1.01. The third-order valence-corrected chi connectivity index (χ3v) is 1.41. The molecule has 7 heteroatoms. The molecule has 16 heavy (non-hydrogen) atoms. The van der Waals surface area contributed by atoms with Gasteiger partial charge in [-0.25, -0.2) is 9.80 Å². The van der Waals surface area contributed by atoms with E-state index >= 15 is 0 Å². The number of aliphatic carboxylic acids is 1. The van der Waals surface area contributed by atoms with E-state index in [0.717, 1.165) is 5.01 Å². The minimum Gasteiger partial charge on any atom is -0.480 e. The Labute approximate surface area is 94.5 Å². The fourth-order valence-corrected chi connectivity index (χ4v) is 0.869. The Balaban J connectivity index is 3.66. The van der Waals surface area contributed by atoms with Crippen molar-refractivity contribution in [1.82, 2.24) is 10.3 Å². The van der Waals surface area contributed by atoms with Crippen LogP contribution in [0.5, 0.6) is 0 Å². The van der Waals surface area contributed by atoms with E-state index in [4.69, 9.17) is 15.7 Å². The van der Waals surface area contributed by atoms with Crippen LogP contribution >= 0.6 is 0 Å². The molecule has 0 aromatic rings. The Morgan fingerprint density at radius 3 is 2.44 bits per heavy atom. The van der Waals surface area contributed by atoms with E-state index in [1.807, 2.05) is 0 Å². The Morgan fingerprint density at radius 1 is 1.44 bits per heavy atom. The van der Waals surface area contributed by atoms with Crippen LogP contribution < -0.4 is 11.2 Å². The summed E-state index contributed by atoms with van der Waals surface area (Å²) in [7, 11) is 0. The van der Waals surface area contributed by atoms with Gasteiger partial charge >= 0.3 is 12.1 Å². The number of carboxylic acid groups (broad SMARTS) is 1. The summed E-state index contributed by atoms with van der Waals surface area (Å²) in [5.74, 6) is 4.33. The molecule has 0 bridgehead atoms. The fraction of sp³-hybridized carbons (Fsp3) is 0.778. The average molecular weight is 233 g/mol. The smallest absolute Gasteiger partial charge is 0.407 e. The Hall–Kier alpha value is -1.34. The van der Waals surface area contributed by atoms with Gasteiger partial charge in [0.15, 0.2) is 0 Å². The maximum Gasteiger partial charge on any atom is 0.407 e. The van der Waals surface area contributed by atoms with Gasteiger partial charge in [-0.2, -0.15) is 0 Å². The van der Waals surface area contributed by atoms with Crippen LogP contribution in [0.4, 0.5) is 4.79 Å². The number of hydrogen-bond donors (Lipinski definition) is 3. The van der Waals surface area contributed by atoms with E-state index in [1.54, 1.807) is 20.8 Å². The summed E-state index contributed by atoms with van der Waals surface area (Å²) >= 11 is 0. The van der Waals surface area contributed by atoms with E-state index in [-0.39, 0.29) is 19.6 Å². The SMILES string of the molecule is CC(C)(C)OC(=O)NCCN(N)CC(=O)O. The molecule has 94 valence electrons. The third kappa shape index (κ3) is 9.22. The van der Waals surface area contributed by atoms with Gasteiger partial charge in [-0.15, -0.1) is 0 Å². The molecule has 0 saturated heterocycles. The molecule has 0 spiro atoms. The normalized spacial score (nSPS) is 11.3. The summed E-state index contributed by atoms with van der Waals surface area (Å²) in [6.45, 7) is 5.48. The second kappa shape index (κ2) is 6.29. The predicted molar refractivity (Wildman–Crippen MR) is 57.6 cm³/mol. The van der Waals surface area contributed by atoms with Crippen molar-refractivity contribution >= 4 is 12.1 Å². The standard InChI is InChI=1S/C9H19N3O4/c1-9(2,3)16-8(15)11-4-5-12(10)6-7(13)14/h4-6,10H2,1-3H3,(H,11,15)(H,13,14). The summed E-state index contributed by atoms with van der Waals surface area (Å²) in [5.41, 5.74) is -0.548. The van der Waals surface area contributed by atoms with E-state index in [2.05, 4.69) is 5.32 Å². The number of carbonyl (C=O) groups is 2. The molecule has 0 aromatic carbocycles. The lowest BCUT2D eigenvalue weighted by atomic mass is 10.2. The van der Waals surface area contributed by atoms with E-state index in [9.17, 15) is 9.59 Å². The highest BCUT2D eigenvalue weighted by molar-refractivity contribution is 5.69. The fourth-order valence-electron chi connectivity index (χ4n) is 0.869. The molecule has 0 unspecified atom stereocenters. The Morgan fingerprint density at radius 2 is 2.00 bits per heavy atom. The molecule has 1 amide bonds. The molecule has 0 heterocycles. The van der Waals surface area contributed by atoms with Gasteiger partial charge in [0.2, 0.25) is 0 Å². The largest absolute Gasteiger partial charge is 0.480 e. The first-order valence-electron chi connectivity index (χ1n) is 4.89. The van der Waals surface area contributed by atoms with Crippen LogP contribution in [0, 0.1) is 0 Å². The van der Waals surface area contributed by atoms with Crippen molar-refractivity contribution in [3.8, 4) is 0 Å². The third-order valence-electron chi connectivity index (χ3n) is 1.41. The van der Waals surface area contributed by atoms with Crippen molar-refractivity contribution < 1.29 is 19.4 Å². The molecular weight excluding hydrogens is 214 g/mol. The lowest BCUT2D eigenvalue weighted by Gasteiger charge is -2.20. The van der Waals surface area contributed by atoms with Gasteiger partial charge in [-0.1, -0.05) is 0 Å². The van der Waals surface area contributed by atoms with Crippen molar-refractivity contribution in [2.75, 3.05) is 19.6 Å². The molecule has 7 nitrogen and oxygen atoms in total. The first-order chi connectivity index (χ1) is 7.20. The lowest BCUT2D eigenvalue weighted by Crippen LogP contribution is -2.42. The molecule has 0 rings (SSSR count). The molecule has 0 fully saturated rings. The van der Waals surface area contributed by atoms with Crippen LogP contribution in [0.3, 0.4) is 0 Å². The number of carboxylic acids is 1. The van der Waals surface area contributed by atoms with Crippen molar-refractivity contribution in [2.45, 2.75) is 26.4 Å². The number of amides is 1. The van der Waals surface area contributed by atoms with Gasteiger partial charge in [0.05, 0.1) is 0 Å². The Kier molecular flexibility index (Phi) is 5.76. The van der Waals surface area contributed by atoms with Crippen LogP contribution in [-0.2, 0) is 9.53 Å². The number of nitrogens with one attached hydrogen (secondary N) is 1. The molecule has 0 aromatic heterocycles. The molecular formula is C9H19N3O4. The second-order valence-corrected chi connectivity index (χ2v) is 4.29. The quantitative estimate of drug-likeness (QED) is 0.447. The number of alkyl carbamates (subject to hydrolysis) is 1. The summed E-state index contributed by atoms with van der Waals surface area (Å²) in [6.07, 6.45) is -0.545. The van der Waals surface area contributed by atoms with E-state index < -0.39 is 17.7 Å². The first kappa shape index (κ1) is 14.7. The van der Waals surface area contributed by atoms with Gasteiger partial charge in [-0.3, -0.25) is 10.6 Å². The maximum atomic E-state index is 11.2. The van der Waals surface area contributed by atoms with Crippen LogP contribution in [0.15, 0.2) is 0 Å². The maximum absolute atomic E-state index is 11.2. The number of hydrogen-bond acceptors (Lipinski definition) is 5. The number of nitrogens with two attached hydrogens (primary N) is 1. The summed E-state index contributed by atoms with van der Waals surface area (Å²) in [6, 6.07) is 0. The molecule has 0 aliphatic rings. The summed E-state index contributed by atoms with van der Waals surface area (Å²) in [4.78, 5) is 21.4. The minimum absolute atomic E-state index is 0.235. The van der Waals surface area contributed by atoms with Crippen LogP contribution in [-0.4, -0.2) is 47.4 Å². The van der Waals surface area contributed by atoms with Crippen molar-refractivity contribution in [2.24, 2.45) is 5.84 Å². The average Bonchev–Trinajstić information content (AvgIpc) is 1.98. The van der Waals surface area contributed by atoms with Gasteiger partial charge < -0.3 is 15.2 Å². The van der Waals surface area contributed by atoms with E-state index in [1.165, 1.54) is 0 Å². The topological polar surface area (TPSA) is 105 Å². The van der Waals surface area contributed by atoms with E-state index in [0.29, 0.717) is 0 Å². The van der Waals surface area contributed by atoms with Crippen LogP contribution in [0.25, 0.3) is 0 Å². The Bertz CT molecular complexity index is 250. The molecule has 0 atom stereocenters. The molecule has 0 aliphatic carbocycles. The number of rotatable bonds is 5. The van der Waals surface area contributed by atoms with Crippen molar-refractivity contribution in [3.05, 3.63) is 0 Å². The molecule has 0 radical (unpaired) electrons. The van der Waals surface area contributed by atoms with Crippen molar-refractivity contribution in [3.63, 3.8) is 0 Å². The number of ether oxygens (including phenoxy) is 1. The summed E-state index contributed by atoms with van der Waals surface area (Å²) < 4.78 is 4.97. The van der Waals surface area contributed by atoms with Crippen LogP contribution in [0.1, 0.15) is 20.8 Å². The lowest BCUT2D eigenvalue weighted by molar-refractivity contribution is -0.138. The second-order valence-electron chi connectivity index (χ2n) is 4.29. The zero-order valence-corrected chi connectivity index (χ0v) is 9.82. The highest BCUT2D eigenvalue weighted by atomic mass is 16.6. The molecule has 0 aliphatic heterocycles. The zero-order chi connectivity index (χ0) is 12.8. The molecule has 4 N–H and O–H groups in total. The van der Waals surface area contributed by atoms with Gasteiger partial charge in [-0.05, 0) is 20.8 Å². The first-order valence-corrected chi connectivity index (χ1v) is 4.89. The number of hydrazine groups is 1. The van der Waals surface area contributed by atoms with Crippen molar-refractivity contribution in [1.29, 1.82) is 0 Å². The van der Waals surface area contributed by atoms with Gasteiger partial charge in [0.25, 0.3) is 0 Å².